The molecule has 8 nitrogen and oxygen atoms in total. The van der Waals surface area contributed by atoms with Crippen LogP contribution in [0.15, 0.2) is 60.7 Å². The van der Waals surface area contributed by atoms with E-state index in [9.17, 15) is 22.4 Å². The van der Waals surface area contributed by atoms with Gasteiger partial charge in [-0.15, -0.1) is 0 Å². The lowest BCUT2D eigenvalue weighted by Crippen LogP contribution is -2.32. The van der Waals surface area contributed by atoms with E-state index in [0.29, 0.717) is 11.3 Å². The Hall–Kier alpha value is -3.92. The summed E-state index contributed by atoms with van der Waals surface area (Å²) < 4.78 is 51.6. The van der Waals surface area contributed by atoms with Gasteiger partial charge in [-0.3, -0.25) is 13.9 Å². The van der Waals surface area contributed by atoms with Crippen molar-refractivity contribution in [3.63, 3.8) is 0 Å². The summed E-state index contributed by atoms with van der Waals surface area (Å²) in [5.74, 6) is -1.06. The van der Waals surface area contributed by atoms with Crippen LogP contribution in [0, 0.1) is 5.82 Å². The molecular weight excluding hydrogens is 475 g/mol. The topological polar surface area (TPSA) is 102 Å². The van der Waals surface area contributed by atoms with Gasteiger partial charge < -0.3 is 14.8 Å². The second-order valence-corrected chi connectivity index (χ2v) is 9.58. The summed E-state index contributed by atoms with van der Waals surface area (Å²) >= 11 is 0. The van der Waals surface area contributed by atoms with Crippen LogP contribution in [0.5, 0.6) is 11.5 Å². The van der Waals surface area contributed by atoms with E-state index in [2.05, 4.69) is 5.32 Å². The summed E-state index contributed by atoms with van der Waals surface area (Å²) in [5.41, 5.74) is 0.760. The average Bonchev–Trinajstić information content (AvgIpc) is 2.82. The Balaban J connectivity index is 2.15. The molecule has 0 bridgehead atoms. The number of anilines is 2. The van der Waals surface area contributed by atoms with E-state index in [1.165, 1.54) is 57.5 Å². The first-order valence-corrected chi connectivity index (χ1v) is 12.3. The van der Waals surface area contributed by atoms with Gasteiger partial charge in [-0.25, -0.2) is 12.8 Å². The number of carbonyl (C=O) groups excluding carboxylic acids is 2. The monoisotopic (exact) mass is 500 g/mol. The predicted octanol–water partition coefficient (Wildman–Crippen LogP) is 4.26. The lowest BCUT2D eigenvalue weighted by molar-refractivity contribution is 0.101. The van der Waals surface area contributed by atoms with Crippen molar-refractivity contribution in [2.75, 3.05) is 30.1 Å². The van der Waals surface area contributed by atoms with E-state index in [4.69, 9.17) is 9.47 Å². The van der Waals surface area contributed by atoms with Crippen LogP contribution in [0.1, 0.15) is 33.2 Å². The smallest absolute Gasteiger partial charge is 0.257 e. The number of carbonyl (C=O) groups is 2. The summed E-state index contributed by atoms with van der Waals surface area (Å²) in [6, 6.07) is 14.8. The number of halogens is 1. The van der Waals surface area contributed by atoms with Crippen molar-refractivity contribution in [1.82, 2.24) is 0 Å². The van der Waals surface area contributed by atoms with Crippen molar-refractivity contribution >= 4 is 33.1 Å². The molecule has 35 heavy (non-hydrogen) atoms. The number of hydrogen-bond acceptors (Lipinski definition) is 6. The van der Waals surface area contributed by atoms with E-state index >= 15 is 0 Å². The van der Waals surface area contributed by atoms with E-state index in [1.54, 1.807) is 24.3 Å². The predicted molar refractivity (Wildman–Crippen MR) is 131 cm³/mol. The molecule has 184 valence electrons. The van der Waals surface area contributed by atoms with Gasteiger partial charge in [0.1, 0.15) is 5.82 Å². The highest BCUT2D eigenvalue weighted by Gasteiger charge is 2.27. The molecule has 0 aromatic heterocycles. The van der Waals surface area contributed by atoms with E-state index in [0.717, 1.165) is 10.6 Å². The van der Waals surface area contributed by atoms with Crippen LogP contribution in [-0.2, 0) is 16.6 Å². The van der Waals surface area contributed by atoms with Crippen molar-refractivity contribution in [2.45, 2.75) is 13.5 Å². The van der Waals surface area contributed by atoms with Gasteiger partial charge in [0.05, 0.1) is 38.3 Å². The summed E-state index contributed by atoms with van der Waals surface area (Å²) in [7, 11) is -1.23. The lowest BCUT2D eigenvalue weighted by Gasteiger charge is -2.26. The number of ether oxygens (including phenoxy) is 2. The Kier molecular flexibility index (Phi) is 7.75. The zero-order valence-electron chi connectivity index (χ0n) is 19.7. The van der Waals surface area contributed by atoms with Crippen molar-refractivity contribution in [2.24, 2.45) is 0 Å². The molecule has 3 aromatic carbocycles. The number of benzene rings is 3. The SMILES string of the molecule is COc1cc(C(=O)Nc2cccc(C(C)=O)c2)c(N(Cc2ccccc2F)S(C)(=O)=O)cc1OC. The molecular formula is C25H25FN2O6S. The Morgan fingerprint density at radius 1 is 0.971 bits per heavy atom. The molecule has 0 saturated heterocycles. The maximum absolute atomic E-state index is 14.4. The highest BCUT2D eigenvalue weighted by atomic mass is 32.2. The van der Waals surface area contributed by atoms with Gasteiger partial charge in [0.15, 0.2) is 17.3 Å². The van der Waals surface area contributed by atoms with Gasteiger partial charge >= 0.3 is 0 Å². The van der Waals surface area contributed by atoms with Gasteiger partial charge in [-0.1, -0.05) is 30.3 Å². The molecule has 0 saturated carbocycles. The summed E-state index contributed by atoms with van der Waals surface area (Å²) in [5, 5.41) is 2.68. The Labute approximate surface area is 203 Å². The largest absolute Gasteiger partial charge is 0.493 e. The van der Waals surface area contributed by atoms with Crippen molar-refractivity contribution in [1.29, 1.82) is 0 Å². The second-order valence-electron chi connectivity index (χ2n) is 7.68. The minimum Gasteiger partial charge on any atom is -0.493 e. The van der Waals surface area contributed by atoms with Crippen LogP contribution in [0.25, 0.3) is 0 Å². The Morgan fingerprint density at radius 3 is 2.23 bits per heavy atom. The third-order valence-corrected chi connectivity index (χ3v) is 6.34. The van der Waals surface area contributed by atoms with Crippen molar-refractivity contribution in [3.05, 3.63) is 83.2 Å². The van der Waals surface area contributed by atoms with E-state index in [-0.39, 0.29) is 40.6 Å². The molecule has 3 rings (SSSR count). The van der Waals surface area contributed by atoms with Crippen LogP contribution in [0.4, 0.5) is 15.8 Å². The van der Waals surface area contributed by atoms with Crippen LogP contribution >= 0.6 is 0 Å². The third-order valence-electron chi connectivity index (χ3n) is 5.21. The highest BCUT2D eigenvalue weighted by Crippen LogP contribution is 2.37. The van der Waals surface area contributed by atoms with Gasteiger partial charge in [-0.05, 0) is 31.2 Å². The number of sulfonamides is 1. The molecule has 0 spiro atoms. The Morgan fingerprint density at radius 2 is 1.63 bits per heavy atom. The average molecular weight is 501 g/mol. The first-order chi connectivity index (χ1) is 16.5. The molecule has 0 aliphatic rings. The second kappa shape index (κ2) is 10.6. The summed E-state index contributed by atoms with van der Waals surface area (Å²) in [6.07, 6.45) is 0.961. The lowest BCUT2D eigenvalue weighted by atomic mass is 10.1. The fraction of sp³-hybridized carbons (Fsp3) is 0.200. The molecule has 1 amide bonds. The first-order valence-electron chi connectivity index (χ1n) is 10.4. The number of rotatable bonds is 9. The van der Waals surface area contributed by atoms with Crippen LogP contribution < -0.4 is 19.1 Å². The normalized spacial score (nSPS) is 11.0. The number of methoxy groups -OCH3 is 2. The molecule has 0 fully saturated rings. The van der Waals surface area contributed by atoms with Gasteiger partial charge in [0.2, 0.25) is 10.0 Å². The maximum Gasteiger partial charge on any atom is 0.257 e. The fourth-order valence-electron chi connectivity index (χ4n) is 3.43. The van der Waals surface area contributed by atoms with Crippen molar-refractivity contribution < 1.29 is 31.9 Å². The third kappa shape index (κ3) is 5.96. The van der Waals surface area contributed by atoms with E-state index in [1.807, 2.05) is 0 Å². The number of nitrogens with one attached hydrogen (secondary N) is 1. The minimum atomic E-state index is -3.98. The van der Waals surface area contributed by atoms with Crippen LogP contribution in [0.3, 0.4) is 0 Å². The van der Waals surface area contributed by atoms with E-state index < -0.39 is 21.7 Å². The molecule has 0 aliphatic heterocycles. The Bertz CT molecular complexity index is 1370. The number of Topliss-reactive ketones (excluding diaryl/α,β-unsaturated/α-hetero) is 1. The number of hydrogen-bond donors (Lipinski definition) is 1. The molecule has 0 radical (unpaired) electrons. The van der Waals surface area contributed by atoms with Crippen LogP contribution in [-0.4, -0.2) is 40.6 Å². The summed E-state index contributed by atoms with van der Waals surface area (Å²) in [4.78, 5) is 25.1. The summed E-state index contributed by atoms with van der Waals surface area (Å²) in [6.45, 7) is 1.04. The van der Waals surface area contributed by atoms with Gasteiger partial charge in [-0.2, -0.15) is 0 Å². The first kappa shape index (κ1) is 25.7. The molecule has 1 N–H and O–H groups in total. The van der Waals surface area contributed by atoms with Gasteiger partial charge in [0, 0.05) is 22.9 Å². The van der Waals surface area contributed by atoms with Gasteiger partial charge in [0.25, 0.3) is 5.91 Å². The molecule has 0 unspecified atom stereocenters. The molecule has 0 aliphatic carbocycles. The highest BCUT2D eigenvalue weighted by molar-refractivity contribution is 7.92. The molecule has 3 aromatic rings. The molecule has 0 atom stereocenters. The number of nitrogens with zero attached hydrogens (tertiary/aromatic N) is 1. The number of ketones is 1. The maximum atomic E-state index is 14.4. The molecule has 10 heteroatoms. The number of amides is 1. The fourth-order valence-corrected chi connectivity index (χ4v) is 4.32. The van der Waals surface area contributed by atoms with Crippen LogP contribution in [0.2, 0.25) is 0 Å². The zero-order valence-corrected chi connectivity index (χ0v) is 20.5. The van der Waals surface area contributed by atoms with Crippen molar-refractivity contribution in [3.8, 4) is 11.5 Å². The molecule has 0 heterocycles. The quantitative estimate of drug-likeness (QED) is 0.441. The standard InChI is InChI=1S/C25H25FN2O6S/c1-16(29)17-9-7-10-19(12-17)27-25(30)20-13-23(33-2)24(34-3)14-22(20)28(35(4,31)32)15-18-8-5-6-11-21(18)26/h5-14H,15H2,1-4H3,(H,27,30). The minimum absolute atomic E-state index is 0.0337. The zero-order chi connectivity index (χ0) is 25.8.